The van der Waals surface area contributed by atoms with Crippen molar-refractivity contribution in [3.63, 3.8) is 0 Å². The molecule has 1 aliphatic heterocycles. The lowest BCUT2D eigenvalue weighted by molar-refractivity contribution is 0.204. The molecule has 27 heavy (non-hydrogen) atoms. The fourth-order valence-corrected chi connectivity index (χ4v) is 4.07. The second kappa shape index (κ2) is 7.98. The zero-order valence-electron chi connectivity index (χ0n) is 15.5. The summed E-state index contributed by atoms with van der Waals surface area (Å²) in [6.07, 6.45) is 4.50. The summed E-state index contributed by atoms with van der Waals surface area (Å²) in [5.74, 6) is 0.845. The van der Waals surface area contributed by atoms with Crippen LogP contribution in [0.5, 0.6) is 0 Å². The van der Waals surface area contributed by atoms with Crippen molar-refractivity contribution in [2.24, 2.45) is 0 Å². The van der Waals surface area contributed by atoms with Crippen LogP contribution in [0.25, 0.3) is 0 Å². The predicted molar refractivity (Wildman–Crippen MR) is 110 cm³/mol. The molecule has 3 aromatic rings. The lowest BCUT2D eigenvalue weighted by atomic mass is 10.1. The van der Waals surface area contributed by atoms with Crippen LogP contribution in [0.3, 0.4) is 0 Å². The molecule has 1 N–H and O–H groups in total. The third kappa shape index (κ3) is 3.77. The molecule has 138 valence electrons. The number of benzene rings is 2. The van der Waals surface area contributed by atoms with Crippen LogP contribution in [0, 0.1) is 0 Å². The van der Waals surface area contributed by atoms with Gasteiger partial charge in [-0.05, 0) is 41.8 Å². The number of ether oxygens (including phenoxy) is 1. The Hall–Kier alpha value is -2.57. The van der Waals surface area contributed by atoms with Crippen LogP contribution >= 0.6 is 11.8 Å². The SMILES string of the molecule is CCc1ccc(NCc2ccc3c(c2)N(COC)c2nccnc2S3)cc1. The molecule has 0 radical (unpaired) electrons. The molecular weight excluding hydrogens is 356 g/mol. The Morgan fingerprint density at radius 3 is 2.59 bits per heavy atom. The molecule has 1 aromatic heterocycles. The molecule has 0 fully saturated rings. The molecular formula is C21H22N4OS. The van der Waals surface area contributed by atoms with Crippen molar-refractivity contribution in [2.75, 3.05) is 24.1 Å². The number of nitrogens with zero attached hydrogens (tertiary/aromatic N) is 3. The number of methoxy groups -OCH3 is 1. The Labute approximate surface area is 163 Å². The third-order valence-corrected chi connectivity index (χ3v) is 5.59. The molecule has 0 saturated carbocycles. The zero-order chi connectivity index (χ0) is 18.6. The number of hydrogen-bond donors (Lipinski definition) is 1. The van der Waals surface area contributed by atoms with Gasteiger partial charge in [0.2, 0.25) is 0 Å². The molecule has 0 spiro atoms. The minimum atomic E-state index is 0.439. The second-order valence-electron chi connectivity index (χ2n) is 6.34. The van der Waals surface area contributed by atoms with E-state index in [1.54, 1.807) is 31.3 Å². The average Bonchev–Trinajstić information content (AvgIpc) is 2.72. The van der Waals surface area contributed by atoms with E-state index in [0.717, 1.165) is 40.1 Å². The first-order chi connectivity index (χ1) is 13.3. The van der Waals surface area contributed by atoms with Crippen molar-refractivity contribution >= 4 is 29.0 Å². The maximum Gasteiger partial charge on any atom is 0.168 e. The fraction of sp³-hybridized carbons (Fsp3) is 0.238. The van der Waals surface area contributed by atoms with Crippen molar-refractivity contribution in [3.8, 4) is 0 Å². The van der Waals surface area contributed by atoms with E-state index >= 15 is 0 Å². The maximum absolute atomic E-state index is 5.42. The summed E-state index contributed by atoms with van der Waals surface area (Å²) in [5.41, 5.74) is 4.79. The number of rotatable bonds is 6. The van der Waals surface area contributed by atoms with Gasteiger partial charge < -0.3 is 10.1 Å². The smallest absolute Gasteiger partial charge is 0.168 e. The fourth-order valence-electron chi connectivity index (χ4n) is 3.09. The van der Waals surface area contributed by atoms with Gasteiger partial charge in [-0.3, -0.25) is 4.90 Å². The van der Waals surface area contributed by atoms with Gasteiger partial charge >= 0.3 is 0 Å². The molecule has 0 atom stereocenters. The third-order valence-electron chi connectivity index (χ3n) is 4.54. The van der Waals surface area contributed by atoms with Crippen LogP contribution in [0.4, 0.5) is 17.2 Å². The summed E-state index contributed by atoms with van der Waals surface area (Å²) in [7, 11) is 1.70. The Kier molecular flexibility index (Phi) is 5.27. The van der Waals surface area contributed by atoms with Crippen LogP contribution in [-0.4, -0.2) is 23.8 Å². The first kappa shape index (κ1) is 17.8. The molecule has 6 heteroatoms. The van der Waals surface area contributed by atoms with E-state index in [0.29, 0.717) is 6.73 Å². The van der Waals surface area contributed by atoms with E-state index in [1.165, 1.54) is 11.1 Å². The van der Waals surface area contributed by atoms with E-state index in [-0.39, 0.29) is 0 Å². The summed E-state index contributed by atoms with van der Waals surface area (Å²) in [5, 5.41) is 4.41. The van der Waals surface area contributed by atoms with E-state index < -0.39 is 0 Å². The number of hydrogen-bond acceptors (Lipinski definition) is 6. The maximum atomic E-state index is 5.42. The number of aryl methyl sites for hydroxylation is 1. The van der Waals surface area contributed by atoms with Gasteiger partial charge in [-0.2, -0.15) is 0 Å². The molecule has 0 amide bonds. The Balaban J connectivity index is 1.56. The topological polar surface area (TPSA) is 50.3 Å². The van der Waals surface area contributed by atoms with Crippen molar-refractivity contribution in [2.45, 2.75) is 29.8 Å². The highest BCUT2D eigenvalue weighted by molar-refractivity contribution is 7.99. The van der Waals surface area contributed by atoms with Crippen LogP contribution < -0.4 is 10.2 Å². The Bertz CT molecular complexity index is 930. The average molecular weight is 379 g/mol. The molecule has 0 bridgehead atoms. The lowest BCUT2D eigenvalue weighted by Gasteiger charge is -2.30. The number of aromatic nitrogens is 2. The summed E-state index contributed by atoms with van der Waals surface area (Å²) < 4.78 is 5.42. The molecule has 1 aliphatic rings. The highest BCUT2D eigenvalue weighted by Crippen LogP contribution is 2.46. The van der Waals surface area contributed by atoms with Crippen molar-refractivity contribution in [1.82, 2.24) is 9.97 Å². The molecule has 0 saturated heterocycles. The van der Waals surface area contributed by atoms with Gasteiger partial charge in [0.15, 0.2) is 5.82 Å². The number of anilines is 3. The summed E-state index contributed by atoms with van der Waals surface area (Å²) >= 11 is 1.65. The molecule has 2 heterocycles. The summed E-state index contributed by atoms with van der Waals surface area (Å²) in [6, 6.07) is 15.1. The highest BCUT2D eigenvalue weighted by Gasteiger charge is 2.25. The van der Waals surface area contributed by atoms with E-state index in [9.17, 15) is 0 Å². The van der Waals surface area contributed by atoms with E-state index in [1.807, 2.05) is 0 Å². The van der Waals surface area contributed by atoms with Gasteiger partial charge in [0.05, 0.1) is 5.69 Å². The molecule has 5 nitrogen and oxygen atoms in total. The van der Waals surface area contributed by atoms with Gasteiger partial charge in [-0.15, -0.1) is 0 Å². The molecule has 0 unspecified atom stereocenters. The summed E-state index contributed by atoms with van der Waals surface area (Å²) in [4.78, 5) is 12.2. The number of nitrogens with one attached hydrogen (secondary N) is 1. The number of fused-ring (bicyclic) bond motifs is 2. The van der Waals surface area contributed by atoms with E-state index in [4.69, 9.17) is 4.74 Å². The second-order valence-corrected chi connectivity index (χ2v) is 7.37. The lowest BCUT2D eigenvalue weighted by Crippen LogP contribution is -2.24. The summed E-state index contributed by atoms with van der Waals surface area (Å²) in [6.45, 7) is 3.37. The largest absolute Gasteiger partial charge is 0.381 e. The standard InChI is InChI=1S/C21H22N4OS/c1-3-15-4-7-17(8-5-15)24-13-16-6-9-19-18(12-16)25(14-26-2)20-21(27-19)23-11-10-22-20/h4-12,24H,3,13-14H2,1-2H3. The molecule has 0 aliphatic carbocycles. The zero-order valence-corrected chi connectivity index (χ0v) is 16.3. The van der Waals surface area contributed by atoms with Gasteiger partial charge in [0.25, 0.3) is 0 Å². The highest BCUT2D eigenvalue weighted by atomic mass is 32.2. The van der Waals surface area contributed by atoms with Gasteiger partial charge in [0, 0.05) is 36.6 Å². The normalized spacial score (nSPS) is 12.4. The van der Waals surface area contributed by atoms with Crippen LogP contribution in [0.2, 0.25) is 0 Å². The minimum Gasteiger partial charge on any atom is -0.381 e. The molecule has 2 aromatic carbocycles. The van der Waals surface area contributed by atoms with Crippen LogP contribution in [0.1, 0.15) is 18.1 Å². The minimum absolute atomic E-state index is 0.439. The van der Waals surface area contributed by atoms with Gasteiger partial charge in [-0.25, -0.2) is 9.97 Å². The Morgan fingerprint density at radius 1 is 1.04 bits per heavy atom. The quantitative estimate of drug-likeness (QED) is 0.661. The van der Waals surface area contributed by atoms with Crippen molar-refractivity contribution < 1.29 is 4.74 Å². The first-order valence-corrected chi connectivity index (χ1v) is 9.81. The Morgan fingerprint density at radius 2 is 1.81 bits per heavy atom. The van der Waals surface area contributed by atoms with Crippen molar-refractivity contribution in [1.29, 1.82) is 0 Å². The van der Waals surface area contributed by atoms with Crippen LogP contribution in [0.15, 0.2) is 64.8 Å². The first-order valence-electron chi connectivity index (χ1n) is 8.99. The van der Waals surface area contributed by atoms with Gasteiger partial charge in [0.1, 0.15) is 11.8 Å². The van der Waals surface area contributed by atoms with Gasteiger partial charge in [-0.1, -0.05) is 36.9 Å². The van der Waals surface area contributed by atoms with E-state index in [2.05, 4.69) is 69.6 Å². The molecule has 4 rings (SSSR count). The monoisotopic (exact) mass is 378 g/mol. The van der Waals surface area contributed by atoms with Crippen molar-refractivity contribution in [3.05, 3.63) is 66.0 Å². The van der Waals surface area contributed by atoms with Crippen LogP contribution in [-0.2, 0) is 17.7 Å². The predicted octanol–water partition coefficient (Wildman–Crippen LogP) is 4.86.